The van der Waals surface area contributed by atoms with Gasteiger partial charge in [0.15, 0.2) is 23.4 Å². The summed E-state index contributed by atoms with van der Waals surface area (Å²) in [6.07, 6.45) is -1.27. The molecular formula is C20H29NO6. The molecule has 2 N–H and O–H groups in total. The molecule has 2 aliphatic heterocycles. The number of aromatic hydroxyl groups is 1. The van der Waals surface area contributed by atoms with Crippen molar-refractivity contribution >= 4 is 5.91 Å². The third kappa shape index (κ3) is 3.63. The standard InChI is InChI=1S/C20H29NO6/c1-12(22)20(4)11-21(18(24)17-10-26-19(2,3)27-17)9-14(20)13-6-7-16(25-5)15(23)8-13/h6-8,12,14,17,22-23H,9-11H2,1-5H3. The molecule has 7 heteroatoms. The highest BCUT2D eigenvalue weighted by Gasteiger charge is 2.50. The van der Waals surface area contributed by atoms with E-state index < -0.39 is 23.4 Å². The number of aliphatic hydroxyl groups is 1. The number of methoxy groups -OCH3 is 1. The average molecular weight is 379 g/mol. The molecule has 0 aliphatic carbocycles. The Labute approximate surface area is 159 Å². The lowest BCUT2D eigenvalue weighted by Crippen LogP contribution is -2.42. The first-order valence-electron chi connectivity index (χ1n) is 9.23. The largest absolute Gasteiger partial charge is 0.504 e. The van der Waals surface area contributed by atoms with E-state index in [2.05, 4.69) is 0 Å². The van der Waals surface area contributed by atoms with E-state index in [9.17, 15) is 15.0 Å². The summed E-state index contributed by atoms with van der Waals surface area (Å²) in [5, 5.41) is 20.6. The van der Waals surface area contributed by atoms with Crippen LogP contribution in [-0.4, -0.2) is 65.8 Å². The summed E-state index contributed by atoms with van der Waals surface area (Å²) in [7, 11) is 1.50. The van der Waals surface area contributed by atoms with Crippen molar-refractivity contribution in [2.24, 2.45) is 5.41 Å². The number of nitrogens with zero attached hydrogens (tertiary/aromatic N) is 1. The summed E-state index contributed by atoms with van der Waals surface area (Å²) < 4.78 is 16.3. The number of benzene rings is 1. The van der Waals surface area contributed by atoms with Crippen LogP contribution in [0.4, 0.5) is 0 Å². The molecule has 0 aromatic heterocycles. The monoisotopic (exact) mass is 379 g/mol. The molecule has 4 unspecified atom stereocenters. The maximum atomic E-state index is 13.0. The maximum absolute atomic E-state index is 13.0. The van der Waals surface area contributed by atoms with Crippen LogP contribution in [0.5, 0.6) is 11.5 Å². The Morgan fingerprint density at radius 1 is 1.37 bits per heavy atom. The number of hydrogen-bond acceptors (Lipinski definition) is 6. The number of rotatable bonds is 4. The molecular weight excluding hydrogens is 350 g/mol. The van der Waals surface area contributed by atoms with Crippen LogP contribution < -0.4 is 4.74 Å². The summed E-state index contributed by atoms with van der Waals surface area (Å²) in [6, 6.07) is 5.22. The van der Waals surface area contributed by atoms with Crippen molar-refractivity contribution in [2.75, 3.05) is 26.8 Å². The number of amides is 1. The summed E-state index contributed by atoms with van der Waals surface area (Å²) in [6.45, 7) is 8.34. The Bertz CT molecular complexity index is 718. The number of phenols is 1. The Kier molecular flexibility index (Phi) is 5.14. The fourth-order valence-corrected chi connectivity index (χ4v) is 4.03. The van der Waals surface area contributed by atoms with E-state index in [0.717, 1.165) is 5.56 Å². The van der Waals surface area contributed by atoms with E-state index in [-0.39, 0.29) is 24.2 Å². The van der Waals surface area contributed by atoms with Crippen molar-refractivity contribution in [3.63, 3.8) is 0 Å². The van der Waals surface area contributed by atoms with Crippen LogP contribution >= 0.6 is 0 Å². The third-order valence-corrected chi connectivity index (χ3v) is 5.89. The number of ether oxygens (including phenoxy) is 3. The van der Waals surface area contributed by atoms with Gasteiger partial charge in [0, 0.05) is 24.4 Å². The minimum absolute atomic E-state index is 0.0435. The van der Waals surface area contributed by atoms with Gasteiger partial charge in [-0.3, -0.25) is 4.79 Å². The number of hydrogen-bond donors (Lipinski definition) is 2. The van der Waals surface area contributed by atoms with E-state index in [1.165, 1.54) is 7.11 Å². The highest BCUT2D eigenvalue weighted by molar-refractivity contribution is 5.82. The second-order valence-electron chi connectivity index (χ2n) is 8.20. The summed E-state index contributed by atoms with van der Waals surface area (Å²) >= 11 is 0. The first kappa shape index (κ1) is 19.9. The molecule has 150 valence electrons. The molecule has 0 radical (unpaired) electrons. The van der Waals surface area contributed by atoms with Gasteiger partial charge >= 0.3 is 0 Å². The summed E-state index contributed by atoms with van der Waals surface area (Å²) in [5.41, 5.74) is 0.307. The predicted molar refractivity (Wildman–Crippen MR) is 98.7 cm³/mol. The van der Waals surface area contributed by atoms with Gasteiger partial charge in [-0.1, -0.05) is 13.0 Å². The van der Waals surface area contributed by atoms with E-state index in [1.54, 1.807) is 37.8 Å². The molecule has 1 aromatic rings. The molecule has 0 bridgehead atoms. The van der Waals surface area contributed by atoms with E-state index in [4.69, 9.17) is 14.2 Å². The molecule has 2 saturated heterocycles. The molecule has 2 fully saturated rings. The Balaban J connectivity index is 1.85. The maximum Gasteiger partial charge on any atom is 0.254 e. The van der Waals surface area contributed by atoms with Gasteiger partial charge in [-0.2, -0.15) is 0 Å². The quantitative estimate of drug-likeness (QED) is 0.830. The van der Waals surface area contributed by atoms with Crippen molar-refractivity contribution in [2.45, 2.75) is 51.6 Å². The molecule has 1 aromatic carbocycles. The zero-order valence-electron chi connectivity index (χ0n) is 16.6. The van der Waals surface area contributed by atoms with Gasteiger partial charge < -0.3 is 29.3 Å². The lowest BCUT2D eigenvalue weighted by Gasteiger charge is -2.33. The van der Waals surface area contributed by atoms with Gasteiger partial charge in [-0.05, 0) is 38.5 Å². The molecule has 2 heterocycles. The molecule has 4 atom stereocenters. The number of carbonyl (C=O) groups excluding carboxylic acids is 1. The highest BCUT2D eigenvalue weighted by atomic mass is 16.7. The SMILES string of the molecule is COc1ccc(C2CN(C(=O)C3COC(C)(C)O3)CC2(C)C(C)O)cc1O. The Hall–Kier alpha value is -1.83. The number of likely N-dealkylation sites (tertiary alicyclic amines) is 1. The second-order valence-corrected chi connectivity index (χ2v) is 8.20. The van der Waals surface area contributed by atoms with Crippen LogP contribution in [0.3, 0.4) is 0 Å². The van der Waals surface area contributed by atoms with Gasteiger partial charge in [0.25, 0.3) is 5.91 Å². The summed E-state index contributed by atoms with van der Waals surface area (Å²) in [4.78, 5) is 14.7. The van der Waals surface area contributed by atoms with Crippen LogP contribution in [0.2, 0.25) is 0 Å². The average Bonchev–Trinajstić information content (AvgIpc) is 3.15. The van der Waals surface area contributed by atoms with Crippen LogP contribution in [0.15, 0.2) is 18.2 Å². The summed E-state index contributed by atoms with van der Waals surface area (Å²) in [5.74, 6) is -0.597. The fourth-order valence-electron chi connectivity index (χ4n) is 4.03. The smallest absolute Gasteiger partial charge is 0.254 e. The Morgan fingerprint density at radius 2 is 2.07 bits per heavy atom. The van der Waals surface area contributed by atoms with Crippen molar-refractivity contribution in [1.29, 1.82) is 0 Å². The molecule has 3 rings (SSSR count). The minimum Gasteiger partial charge on any atom is -0.504 e. The van der Waals surface area contributed by atoms with Gasteiger partial charge in [0.1, 0.15) is 0 Å². The third-order valence-electron chi connectivity index (χ3n) is 5.89. The van der Waals surface area contributed by atoms with Crippen LogP contribution in [0.25, 0.3) is 0 Å². The van der Waals surface area contributed by atoms with Gasteiger partial charge in [-0.25, -0.2) is 0 Å². The van der Waals surface area contributed by atoms with E-state index in [1.807, 2.05) is 13.0 Å². The predicted octanol–water partition coefficient (Wildman–Crippen LogP) is 1.87. The van der Waals surface area contributed by atoms with Gasteiger partial charge in [-0.15, -0.1) is 0 Å². The molecule has 2 aliphatic rings. The number of carbonyl (C=O) groups is 1. The lowest BCUT2D eigenvalue weighted by molar-refractivity contribution is -0.159. The van der Waals surface area contributed by atoms with Crippen LogP contribution in [0, 0.1) is 5.41 Å². The fraction of sp³-hybridized carbons (Fsp3) is 0.650. The molecule has 7 nitrogen and oxygen atoms in total. The topological polar surface area (TPSA) is 88.5 Å². The minimum atomic E-state index is -0.769. The van der Waals surface area contributed by atoms with E-state index in [0.29, 0.717) is 18.8 Å². The molecule has 1 amide bonds. The van der Waals surface area contributed by atoms with Crippen molar-refractivity contribution in [3.05, 3.63) is 23.8 Å². The molecule has 27 heavy (non-hydrogen) atoms. The highest BCUT2D eigenvalue weighted by Crippen LogP contribution is 2.47. The molecule has 0 saturated carbocycles. The zero-order chi connectivity index (χ0) is 20.0. The lowest BCUT2D eigenvalue weighted by atomic mass is 9.72. The van der Waals surface area contributed by atoms with Crippen molar-refractivity contribution < 1.29 is 29.2 Å². The first-order chi connectivity index (χ1) is 12.6. The molecule has 0 spiro atoms. The van der Waals surface area contributed by atoms with Crippen molar-refractivity contribution in [1.82, 2.24) is 4.90 Å². The van der Waals surface area contributed by atoms with Gasteiger partial charge in [0.2, 0.25) is 0 Å². The van der Waals surface area contributed by atoms with Crippen LogP contribution in [-0.2, 0) is 14.3 Å². The first-order valence-corrected chi connectivity index (χ1v) is 9.23. The number of phenolic OH excluding ortho intramolecular Hbond substituents is 1. The van der Waals surface area contributed by atoms with Crippen LogP contribution in [0.1, 0.15) is 39.2 Å². The van der Waals surface area contributed by atoms with Crippen molar-refractivity contribution in [3.8, 4) is 11.5 Å². The Morgan fingerprint density at radius 3 is 2.59 bits per heavy atom. The normalized spacial score (nSPS) is 31.1. The zero-order valence-corrected chi connectivity index (χ0v) is 16.6. The van der Waals surface area contributed by atoms with E-state index >= 15 is 0 Å². The number of aliphatic hydroxyl groups excluding tert-OH is 1. The van der Waals surface area contributed by atoms with Gasteiger partial charge in [0.05, 0.1) is 19.8 Å². The second kappa shape index (κ2) is 6.96.